The summed E-state index contributed by atoms with van der Waals surface area (Å²) in [4.78, 5) is 47.6. The van der Waals surface area contributed by atoms with Crippen molar-refractivity contribution in [1.82, 2.24) is 30.5 Å². The van der Waals surface area contributed by atoms with Gasteiger partial charge in [0.15, 0.2) is 5.82 Å². The molecule has 3 saturated heterocycles. The highest BCUT2D eigenvalue weighted by atomic mass is 16.2. The van der Waals surface area contributed by atoms with Gasteiger partial charge in [-0.25, -0.2) is 14.8 Å². The van der Waals surface area contributed by atoms with Gasteiger partial charge in [-0.1, -0.05) is 26.0 Å². The number of aromatic nitrogens is 2. The summed E-state index contributed by atoms with van der Waals surface area (Å²) in [5.74, 6) is 0.327. The van der Waals surface area contributed by atoms with Crippen LogP contribution >= 0.6 is 0 Å². The summed E-state index contributed by atoms with van der Waals surface area (Å²) < 4.78 is 0. The van der Waals surface area contributed by atoms with Gasteiger partial charge in [0.05, 0.1) is 12.1 Å². The molecule has 3 aliphatic heterocycles. The second-order valence-corrected chi connectivity index (χ2v) is 9.92. The first-order valence-electron chi connectivity index (χ1n) is 11.3. The third kappa shape index (κ3) is 3.80. The number of carbonyl (C=O) groups excluding carboxylic acids is 3. The van der Waals surface area contributed by atoms with Crippen molar-refractivity contribution in [2.45, 2.75) is 32.2 Å². The van der Waals surface area contributed by atoms with Crippen molar-refractivity contribution < 1.29 is 14.4 Å². The minimum absolute atomic E-state index is 0.0545. The lowest BCUT2D eigenvalue weighted by atomic mass is 9.87. The molecule has 0 aliphatic carbocycles. The smallest absolute Gasteiger partial charge is 0.322 e. The van der Waals surface area contributed by atoms with E-state index in [2.05, 4.69) is 34.4 Å². The Labute approximate surface area is 196 Å². The second kappa shape index (κ2) is 7.92. The predicted molar refractivity (Wildman–Crippen MR) is 122 cm³/mol. The van der Waals surface area contributed by atoms with E-state index < -0.39 is 11.6 Å². The first-order valence-corrected chi connectivity index (χ1v) is 11.3. The maximum absolute atomic E-state index is 13.3. The number of rotatable bonds is 3. The molecular weight excluding hydrogens is 436 g/mol. The molecule has 0 radical (unpaired) electrons. The summed E-state index contributed by atoms with van der Waals surface area (Å²) in [7, 11) is 0. The van der Waals surface area contributed by atoms with Crippen LogP contribution in [-0.4, -0.2) is 76.0 Å². The lowest BCUT2D eigenvalue weighted by Crippen LogP contribution is -2.57. The Kier molecular flexibility index (Phi) is 5.13. The van der Waals surface area contributed by atoms with Crippen LogP contribution in [0.15, 0.2) is 24.3 Å². The number of fused-ring (bicyclic) bond motifs is 1. The van der Waals surface area contributed by atoms with Crippen molar-refractivity contribution in [2.24, 2.45) is 5.41 Å². The number of nitrogens with one attached hydrogen (secondary N) is 2. The molecule has 11 heteroatoms. The number of imide groups is 1. The van der Waals surface area contributed by atoms with Gasteiger partial charge in [-0.2, -0.15) is 10.2 Å². The van der Waals surface area contributed by atoms with E-state index in [9.17, 15) is 19.6 Å². The lowest BCUT2D eigenvalue weighted by Gasteiger charge is -2.38. The number of hydrogen-bond donors (Lipinski definition) is 2. The van der Waals surface area contributed by atoms with Crippen LogP contribution in [0.4, 0.5) is 10.6 Å². The number of benzene rings is 1. The van der Waals surface area contributed by atoms with Crippen molar-refractivity contribution in [3.63, 3.8) is 0 Å². The zero-order chi connectivity index (χ0) is 24.1. The molecule has 4 heterocycles. The summed E-state index contributed by atoms with van der Waals surface area (Å²) in [6.45, 7) is 6.47. The first-order chi connectivity index (χ1) is 16.2. The van der Waals surface area contributed by atoms with E-state index in [1.54, 1.807) is 4.90 Å². The molecule has 0 unspecified atom stereocenters. The number of amides is 4. The van der Waals surface area contributed by atoms with Gasteiger partial charge in [0.1, 0.15) is 11.6 Å². The number of piperidine rings is 1. The quantitative estimate of drug-likeness (QED) is 0.639. The molecule has 2 N–H and O–H groups in total. The molecule has 2 aromatic rings. The van der Waals surface area contributed by atoms with Gasteiger partial charge in [-0.3, -0.25) is 19.9 Å². The number of nitriles is 1. The van der Waals surface area contributed by atoms with Crippen LogP contribution in [0.2, 0.25) is 0 Å². The first kappa shape index (κ1) is 22.0. The predicted octanol–water partition coefficient (Wildman–Crippen LogP) is 0.765. The summed E-state index contributed by atoms with van der Waals surface area (Å²) in [5.41, 5.74) is -0.335. The fraction of sp³-hybridized carbons (Fsp3) is 0.478. The number of carbonyl (C=O) groups is 3. The molecule has 11 nitrogen and oxygen atoms in total. The third-order valence-electron chi connectivity index (χ3n) is 6.76. The van der Waals surface area contributed by atoms with Crippen molar-refractivity contribution >= 4 is 34.6 Å². The molecule has 0 atom stereocenters. The maximum Gasteiger partial charge on any atom is 0.322 e. The van der Waals surface area contributed by atoms with Gasteiger partial charge in [0.2, 0.25) is 11.7 Å². The minimum atomic E-state index is -0.914. The monoisotopic (exact) mass is 462 g/mol. The molecule has 1 aromatic heterocycles. The van der Waals surface area contributed by atoms with Crippen molar-refractivity contribution in [1.29, 1.82) is 5.26 Å². The Morgan fingerprint density at radius 2 is 1.88 bits per heavy atom. The molecule has 1 spiro atoms. The molecule has 3 fully saturated rings. The Morgan fingerprint density at radius 1 is 1.15 bits per heavy atom. The molecule has 1 aromatic carbocycles. The lowest BCUT2D eigenvalue weighted by molar-refractivity contribution is -0.136. The number of urea groups is 1. The van der Waals surface area contributed by atoms with Crippen LogP contribution in [0.25, 0.3) is 10.9 Å². The van der Waals surface area contributed by atoms with Gasteiger partial charge >= 0.3 is 6.03 Å². The fourth-order valence-electron chi connectivity index (χ4n) is 5.07. The van der Waals surface area contributed by atoms with Gasteiger partial charge in [-0.05, 0) is 30.4 Å². The maximum atomic E-state index is 13.3. The summed E-state index contributed by atoms with van der Waals surface area (Å²) in [6.07, 6.45) is 0.765. The molecule has 34 heavy (non-hydrogen) atoms. The number of hydrogen-bond acceptors (Lipinski definition) is 8. The zero-order valence-corrected chi connectivity index (χ0v) is 19.2. The van der Waals surface area contributed by atoms with Crippen LogP contribution in [0.5, 0.6) is 0 Å². The average molecular weight is 463 g/mol. The number of hydrazine groups is 1. The SMILES string of the molecule is CC1(C)CN(CC(=O)N2CCC3(CC2)NC(=O)NC3=O)N(c2nc(C#N)nc3ccccc23)C1. The normalized spacial score (nSPS) is 21.6. The largest absolute Gasteiger partial charge is 0.341 e. The second-order valence-electron chi connectivity index (χ2n) is 9.92. The average Bonchev–Trinajstić information content (AvgIpc) is 3.26. The van der Waals surface area contributed by atoms with E-state index in [1.807, 2.05) is 40.4 Å². The molecule has 5 rings (SSSR count). The molecule has 0 bridgehead atoms. The Hall–Kier alpha value is -3.78. The van der Waals surface area contributed by atoms with Gasteiger partial charge in [0.25, 0.3) is 5.91 Å². The molecular formula is C23H26N8O3. The van der Waals surface area contributed by atoms with Gasteiger partial charge < -0.3 is 10.2 Å². The number of anilines is 1. The number of likely N-dealkylation sites (tertiary alicyclic amines) is 1. The van der Waals surface area contributed by atoms with Crippen LogP contribution in [0.1, 0.15) is 32.5 Å². The van der Waals surface area contributed by atoms with E-state index in [4.69, 9.17) is 0 Å². The van der Waals surface area contributed by atoms with Crippen LogP contribution in [0.3, 0.4) is 0 Å². The molecule has 4 amide bonds. The standard InChI is InChI=1S/C23H26N8O3/c1-22(2)13-30(12-18(32)29-9-7-23(8-10-29)20(33)27-21(34)28-23)31(14-22)19-15-5-3-4-6-16(15)25-17(11-24)26-19/h3-6H,7-10,12-14H2,1-2H3,(H2,27,28,33,34). The summed E-state index contributed by atoms with van der Waals surface area (Å²) in [6, 6.07) is 9.09. The highest BCUT2D eigenvalue weighted by molar-refractivity contribution is 6.07. The molecule has 176 valence electrons. The molecule has 3 aliphatic rings. The highest BCUT2D eigenvalue weighted by Gasteiger charge is 2.48. The number of para-hydroxylation sites is 1. The molecule has 0 saturated carbocycles. The summed E-state index contributed by atoms with van der Waals surface area (Å²) in [5, 5.41) is 19.2. The minimum Gasteiger partial charge on any atom is -0.341 e. The van der Waals surface area contributed by atoms with Crippen molar-refractivity contribution in [3.8, 4) is 6.07 Å². The Bertz CT molecular complexity index is 1230. The van der Waals surface area contributed by atoms with Crippen LogP contribution in [0, 0.1) is 16.7 Å². The highest BCUT2D eigenvalue weighted by Crippen LogP contribution is 2.35. The van der Waals surface area contributed by atoms with Crippen molar-refractivity contribution in [3.05, 3.63) is 30.1 Å². The Morgan fingerprint density at radius 3 is 2.56 bits per heavy atom. The van der Waals surface area contributed by atoms with Crippen LogP contribution in [-0.2, 0) is 9.59 Å². The van der Waals surface area contributed by atoms with Crippen LogP contribution < -0.4 is 15.6 Å². The zero-order valence-electron chi connectivity index (χ0n) is 19.2. The topological polar surface area (TPSA) is 135 Å². The van der Waals surface area contributed by atoms with Gasteiger partial charge in [-0.15, -0.1) is 0 Å². The van der Waals surface area contributed by atoms with E-state index in [0.717, 1.165) is 5.39 Å². The fourth-order valence-corrected chi connectivity index (χ4v) is 5.07. The Balaban J connectivity index is 1.36. The summed E-state index contributed by atoms with van der Waals surface area (Å²) >= 11 is 0. The van der Waals surface area contributed by atoms with E-state index in [-0.39, 0.29) is 29.6 Å². The third-order valence-corrected chi connectivity index (χ3v) is 6.76. The van der Waals surface area contributed by atoms with Gasteiger partial charge in [0, 0.05) is 31.6 Å². The van der Waals surface area contributed by atoms with Crippen molar-refractivity contribution in [2.75, 3.05) is 37.7 Å². The number of nitrogens with zero attached hydrogens (tertiary/aromatic N) is 6. The van der Waals surface area contributed by atoms with E-state index in [0.29, 0.717) is 50.4 Å². The van der Waals surface area contributed by atoms with E-state index in [1.165, 1.54) is 0 Å². The van der Waals surface area contributed by atoms with E-state index >= 15 is 0 Å².